The van der Waals surface area contributed by atoms with E-state index in [-0.39, 0.29) is 0 Å². The fourth-order valence-electron chi connectivity index (χ4n) is 7.29. The van der Waals surface area contributed by atoms with Crippen molar-refractivity contribution < 1.29 is 119 Å². The Bertz CT molecular complexity index is 1290. The first kappa shape index (κ1) is 46.6. The highest BCUT2D eigenvalue weighted by Crippen LogP contribution is 2.37. The van der Waals surface area contributed by atoms with Gasteiger partial charge in [0.25, 0.3) is 0 Å². The van der Waals surface area contributed by atoms with Gasteiger partial charge in [0.1, 0.15) is 110 Å². The van der Waals surface area contributed by atoms with Crippen LogP contribution in [-0.4, -0.2) is 251 Å². The van der Waals surface area contributed by atoms with Crippen LogP contribution in [0.15, 0.2) is 0 Å². The van der Waals surface area contributed by atoms with Crippen molar-refractivity contribution in [2.24, 2.45) is 0 Å². The van der Waals surface area contributed by atoms with E-state index in [9.17, 15) is 76.3 Å². The largest absolute Gasteiger partial charge is 0.394 e. The number of aliphatic hydroxyl groups is 14. The zero-order valence-electron chi connectivity index (χ0n) is 30.9. The van der Waals surface area contributed by atoms with Crippen LogP contribution in [0.4, 0.5) is 0 Å². The first-order valence-electron chi connectivity index (χ1n) is 18.3. The number of amides is 1. The third-order valence-corrected chi connectivity index (χ3v) is 10.6. The molecule has 5 saturated heterocycles. The maximum absolute atomic E-state index is 12.8. The Balaban J connectivity index is 1.56. The van der Waals surface area contributed by atoms with Gasteiger partial charge in [0.15, 0.2) is 31.5 Å². The number of rotatable bonds is 12. The minimum atomic E-state index is -2.04. The molecule has 25 heteroatoms. The van der Waals surface area contributed by atoms with E-state index in [0.29, 0.717) is 0 Å². The van der Waals surface area contributed by atoms with Crippen LogP contribution in [0.1, 0.15) is 20.8 Å². The number of hydrogen-bond donors (Lipinski definition) is 15. The van der Waals surface area contributed by atoms with Crippen LogP contribution in [0.5, 0.6) is 0 Å². The van der Waals surface area contributed by atoms with Crippen molar-refractivity contribution in [2.75, 3.05) is 19.8 Å². The van der Waals surface area contributed by atoms with Gasteiger partial charge in [-0.15, -0.1) is 0 Å². The highest BCUT2D eigenvalue weighted by Gasteiger charge is 2.58. The minimum Gasteiger partial charge on any atom is -0.394 e. The summed E-state index contributed by atoms with van der Waals surface area (Å²) in [5, 5.41) is 150. The van der Waals surface area contributed by atoms with E-state index in [4.69, 9.17) is 42.6 Å². The average Bonchev–Trinajstić information content (AvgIpc) is 3.18. The molecular formula is C32H55NO24. The molecular weight excluding hydrogens is 782 g/mol. The van der Waals surface area contributed by atoms with Gasteiger partial charge in [-0.05, 0) is 13.8 Å². The molecule has 25 atom stereocenters. The van der Waals surface area contributed by atoms with Gasteiger partial charge in [-0.3, -0.25) is 4.79 Å². The first-order valence-corrected chi connectivity index (χ1v) is 18.3. The van der Waals surface area contributed by atoms with Crippen molar-refractivity contribution in [3.05, 3.63) is 0 Å². The molecule has 1 amide bonds. The average molecular weight is 838 g/mol. The SMILES string of the molecule is CC(=O)N[C@H]1[C@H](O[C@H]2[C@@H](O)[C@@H](CO)OC(O)[C@@H]2O)O[C@H](CO)[C@@H](O[C@@H]2O[C@@H](C)[C@@H](O)[C@@H](O)[C@@H]2O)[C@@H]1O[C@@H]1O[C@H](CO)[C@H](O)[C@H](O)[C@H]1O[C@@H]1O[C@@H](C)[C@@H](O)[C@@H](O)[C@@H]1O. The van der Waals surface area contributed by atoms with Crippen LogP contribution < -0.4 is 5.32 Å². The summed E-state index contributed by atoms with van der Waals surface area (Å²) in [7, 11) is 0. The molecule has 0 aromatic carbocycles. The van der Waals surface area contributed by atoms with Gasteiger partial charge in [0.05, 0.1) is 32.0 Å². The van der Waals surface area contributed by atoms with Crippen LogP contribution in [0.3, 0.4) is 0 Å². The van der Waals surface area contributed by atoms with Crippen LogP contribution in [0.25, 0.3) is 0 Å². The predicted octanol–water partition coefficient (Wildman–Crippen LogP) is -9.73. The number of hydrogen-bond acceptors (Lipinski definition) is 24. The fraction of sp³-hybridized carbons (Fsp3) is 0.969. The first-order chi connectivity index (χ1) is 26.8. The molecule has 15 N–H and O–H groups in total. The number of carbonyl (C=O) groups excluding carboxylic acids is 1. The third-order valence-electron chi connectivity index (χ3n) is 10.6. The lowest BCUT2D eigenvalue weighted by Gasteiger charge is -2.52. The summed E-state index contributed by atoms with van der Waals surface area (Å²) in [6, 6.07) is -1.73. The Morgan fingerprint density at radius 3 is 1.42 bits per heavy atom. The highest BCUT2D eigenvalue weighted by molar-refractivity contribution is 5.73. The van der Waals surface area contributed by atoms with E-state index in [0.717, 1.165) is 6.92 Å². The Morgan fingerprint density at radius 1 is 0.456 bits per heavy atom. The second-order valence-corrected chi connectivity index (χ2v) is 14.7. The Kier molecular flexibility index (Phi) is 16.0. The summed E-state index contributed by atoms with van der Waals surface area (Å²) in [5.41, 5.74) is 0. The molecule has 332 valence electrons. The summed E-state index contributed by atoms with van der Waals surface area (Å²) in [5.74, 6) is -0.823. The topological polar surface area (TPSA) is 395 Å². The van der Waals surface area contributed by atoms with Crippen LogP contribution in [0, 0.1) is 0 Å². The van der Waals surface area contributed by atoms with Crippen molar-refractivity contribution >= 4 is 5.91 Å². The van der Waals surface area contributed by atoms with E-state index in [2.05, 4.69) is 5.32 Å². The normalized spacial score (nSPS) is 52.3. The molecule has 0 saturated carbocycles. The van der Waals surface area contributed by atoms with Crippen molar-refractivity contribution in [3.8, 4) is 0 Å². The Labute approximate surface area is 324 Å². The Morgan fingerprint density at radius 2 is 0.912 bits per heavy atom. The molecule has 0 aromatic rings. The fourth-order valence-corrected chi connectivity index (χ4v) is 7.29. The molecule has 5 aliphatic heterocycles. The van der Waals surface area contributed by atoms with Gasteiger partial charge < -0.3 is 119 Å². The quantitative estimate of drug-likeness (QED) is 0.0867. The summed E-state index contributed by atoms with van der Waals surface area (Å²) >= 11 is 0. The van der Waals surface area contributed by atoms with E-state index >= 15 is 0 Å². The van der Waals surface area contributed by atoms with E-state index < -0.39 is 179 Å². The van der Waals surface area contributed by atoms with Crippen molar-refractivity contribution in [1.82, 2.24) is 5.32 Å². The number of ether oxygens (including phenoxy) is 9. The van der Waals surface area contributed by atoms with Crippen LogP contribution in [-0.2, 0) is 47.4 Å². The molecule has 5 rings (SSSR count). The minimum absolute atomic E-state index is 0.823. The van der Waals surface area contributed by atoms with Crippen LogP contribution >= 0.6 is 0 Å². The van der Waals surface area contributed by atoms with Gasteiger partial charge >= 0.3 is 0 Å². The number of aliphatic hydroxyl groups excluding tert-OH is 14. The number of nitrogens with one attached hydrogen (secondary N) is 1. The molecule has 0 aliphatic carbocycles. The predicted molar refractivity (Wildman–Crippen MR) is 175 cm³/mol. The summed E-state index contributed by atoms with van der Waals surface area (Å²) in [6.07, 6.45) is -42.6. The molecule has 5 fully saturated rings. The van der Waals surface area contributed by atoms with E-state index in [1.807, 2.05) is 0 Å². The van der Waals surface area contributed by atoms with Gasteiger partial charge in [0.2, 0.25) is 5.91 Å². The highest BCUT2D eigenvalue weighted by atomic mass is 16.8. The van der Waals surface area contributed by atoms with Crippen molar-refractivity contribution in [3.63, 3.8) is 0 Å². The van der Waals surface area contributed by atoms with Gasteiger partial charge in [-0.25, -0.2) is 0 Å². The van der Waals surface area contributed by atoms with Crippen molar-refractivity contribution in [1.29, 1.82) is 0 Å². The van der Waals surface area contributed by atoms with E-state index in [1.165, 1.54) is 13.8 Å². The molecule has 1 unspecified atom stereocenters. The molecule has 0 aromatic heterocycles. The molecule has 5 heterocycles. The lowest BCUT2D eigenvalue weighted by Crippen LogP contribution is -2.71. The monoisotopic (exact) mass is 837 g/mol. The van der Waals surface area contributed by atoms with Gasteiger partial charge in [-0.2, -0.15) is 0 Å². The smallest absolute Gasteiger partial charge is 0.217 e. The summed E-state index contributed by atoms with van der Waals surface area (Å²) in [4.78, 5) is 12.8. The molecule has 0 radical (unpaired) electrons. The second-order valence-electron chi connectivity index (χ2n) is 14.7. The third kappa shape index (κ3) is 9.71. The maximum Gasteiger partial charge on any atom is 0.217 e. The lowest BCUT2D eigenvalue weighted by atomic mass is 9.93. The van der Waals surface area contributed by atoms with E-state index in [1.54, 1.807) is 0 Å². The molecule has 0 bridgehead atoms. The zero-order chi connectivity index (χ0) is 42.2. The maximum atomic E-state index is 12.8. The number of carbonyl (C=O) groups is 1. The lowest BCUT2D eigenvalue weighted by molar-refractivity contribution is -0.397. The summed E-state index contributed by atoms with van der Waals surface area (Å²) < 4.78 is 51.9. The standard InChI is InChI=1S/C32H55NO24/c1-7-14(38)18(42)21(45)30(49-7)54-24-12(6-36)53-29(56-26-17(41)11(5-35)51-28(48)23(26)47)13(33-9(3)37)25(24)55-32-27(20(44)16(40)10(4-34)52-32)57-31-22(46)19(43)15(39)8(2)50-31/h7-8,10-32,34-36,38-48H,4-6H2,1-3H3,(H,33,37)/t7-,8-,10+,11+,12+,13+,14+,15+,16-,17-,18+,19+,20-,21-,22-,23+,24+,25+,26-,27+,28?,29-,30-,31-,32-/m0/s1. The molecule has 25 nitrogen and oxygen atoms in total. The second kappa shape index (κ2) is 19.5. The summed E-state index contributed by atoms with van der Waals surface area (Å²) in [6.45, 7) is 0.922. The van der Waals surface area contributed by atoms with Gasteiger partial charge in [0, 0.05) is 6.92 Å². The Hall–Kier alpha value is -1.45. The molecule has 57 heavy (non-hydrogen) atoms. The molecule has 0 spiro atoms. The van der Waals surface area contributed by atoms with Crippen LogP contribution in [0.2, 0.25) is 0 Å². The zero-order valence-corrected chi connectivity index (χ0v) is 30.9. The van der Waals surface area contributed by atoms with Gasteiger partial charge in [-0.1, -0.05) is 0 Å². The molecule has 5 aliphatic rings. The van der Waals surface area contributed by atoms with Crippen molar-refractivity contribution in [2.45, 2.75) is 174 Å².